The highest BCUT2D eigenvalue weighted by Gasteiger charge is 2.40. The molecular formula is C21H26F5N5. The molecule has 0 bridgehead atoms. The first-order valence-electron chi connectivity index (χ1n) is 10.2. The number of alkyl halides is 5. The van der Waals surface area contributed by atoms with Gasteiger partial charge in [0, 0.05) is 38.5 Å². The predicted molar refractivity (Wildman–Crippen MR) is 110 cm³/mol. The van der Waals surface area contributed by atoms with E-state index in [2.05, 4.69) is 25.5 Å². The SMILES string of the molecule is CCC[C@H]1CC(c2ccc(C(F)(F)F)c(-c3[nH]nc4ncccc34)n2)CC(F)(F)CN1.[HH].[HH]. The van der Waals surface area contributed by atoms with Crippen LogP contribution in [0.15, 0.2) is 30.5 Å². The normalized spacial score (nSPS) is 21.9. The molecule has 31 heavy (non-hydrogen) atoms. The average Bonchev–Trinajstić information content (AvgIpc) is 3.07. The fourth-order valence-corrected chi connectivity index (χ4v) is 4.18. The molecule has 0 spiro atoms. The van der Waals surface area contributed by atoms with Gasteiger partial charge in [0.05, 0.1) is 17.8 Å². The number of fused-ring (bicyclic) bond motifs is 1. The first-order valence-corrected chi connectivity index (χ1v) is 10.2. The number of rotatable bonds is 4. The number of halogens is 5. The van der Waals surface area contributed by atoms with Gasteiger partial charge in [-0.15, -0.1) is 0 Å². The number of aromatic amines is 1. The van der Waals surface area contributed by atoms with E-state index in [1.165, 1.54) is 12.3 Å². The summed E-state index contributed by atoms with van der Waals surface area (Å²) in [5, 5.41) is 9.83. The van der Waals surface area contributed by atoms with Crippen LogP contribution in [-0.4, -0.2) is 38.7 Å². The van der Waals surface area contributed by atoms with Gasteiger partial charge in [-0.2, -0.15) is 18.3 Å². The summed E-state index contributed by atoms with van der Waals surface area (Å²) >= 11 is 0. The molecule has 0 saturated carbocycles. The number of hydrogen-bond acceptors (Lipinski definition) is 4. The lowest BCUT2D eigenvalue weighted by Gasteiger charge is -2.22. The van der Waals surface area contributed by atoms with Crippen LogP contribution in [0.5, 0.6) is 0 Å². The molecule has 3 aromatic rings. The monoisotopic (exact) mass is 443 g/mol. The molecule has 4 rings (SSSR count). The van der Waals surface area contributed by atoms with Gasteiger partial charge in [-0.25, -0.2) is 13.8 Å². The molecule has 0 aromatic carbocycles. The molecule has 10 heteroatoms. The zero-order valence-corrected chi connectivity index (χ0v) is 16.8. The van der Waals surface area contributed by atoms with Crippen LogP contribution in [0.1, 0.15) is 52.6 Å². The Morgan fingerprint density at radius 3 is 2.77 bits per heavy atom. The number of nitrogens with zero attached hydrogens (tertiary/aromatic N) is 3. The summed E-state index contributed by atoms with van der Waals surface area (Å²) < 4.78 is 70.0. The van der Waals surface area contributed by atoms with Crippen molar-refractivity contribution in [2.24, 2.45) is 0 Å². The average molecular weight is 443 g/mol. The minimum atomic E-state index is -4.67. The zero-order valence-electron chi connectivity index (χ0n) is 16.8. The maximum absolute atomic E-state index is 14.4. The molecule has 1 saturated heterocycles. The topological polar surface area (TPSA) is 66.5 Å². The third-order valence-corrected chi connectivity index (χ3v) is 5.61. The van der Waals surface area contributed by atoms with E-state index < -0.39 is 36.5 Å². The van der Waals surface area contributed by atoms with Crippen LogP contribution in [0.25, 0.3) is 22.4 Å². The highest BCUT2D eigenvalue weighted by atomic mass is 19.4. The number of pyridine rings is 2. The lowest BCUT2D eigenvalue weighted by atomic mass is 9.90. The summed E-state index contributed by atoms with van der Waals surface area (Å²) in [4.78, 5) is 8.31. The minimum Gasteiger partial charge on any atom is -0.308 e. The van der Waals surface area contributed by atoms with Gasteiger partial charge in [-0.1, -0.05) is 13.3 Å². The van der Waals surface area contributed by atoms with Gasteiger partial charge in [0.2, 0.25) is 0 Å². The molecule has 0 radical (unpaired) electrons. The second kappa shape index (κ2) is 8.14. The molecule has 4 heterocycles. The Kier molecular flexibility index (Phi) is 5.67. The van der Waals surface area contributed by atoms with Crippen molar-refractivity contribution < 1.29 is 24.8 Å². The minimum absolute atomic E-state index is 0. The summed E-state index contributed by atoms with van der Waals surface area (Å²) in [6.45, 7) is 1.52. The summed E-state index contributed by atoms with van der Waals surface area (Å²) in [6.07, 6.45) is -1.75. The standard InChI is InChI=1S/C21H22F5N5.2H2/c1-2-4-13-9-12(10-20(22,23)11-28-13)16-7-6-15(21(24,25)26)18(29-16)17-14-5-3-8-27-19(14)31-30-17;;/h3,5-8,12-13,28H,2,4,9-11H2,1H3,(H,27,30,31);2*1H/t12?,13-;;/m0../s1. The molecular weight excluding hydrogens is 417 g/mol. The van der Waals surface area contributed by atoms with E-state index in [1.54, 1.807) is 12.1 Å². The van der Waals surface area contributed by atoms with Crippen molar-refractivity contribution in [3.63, 3.8) is 0 Å². The van der Waals surface area contributed by atoms with Crippen LogP contribution in [0.4, 0.5) is 22.0 Å². The lowest BCUT2D eigenvalue weighted by Crippen LogP contribution is -2.35. The summed E-state index contributed by atoms with van der Waals surface area (Å²) in [6, 6.07) is 5.18. The highest BCUT2D eigenvalue weighted by Crippen LogP contribution is 2.41. The van der Waals surface area contributed by atoms with Gasteiger partial charge in [0.1, 0.15) is 5.69 Å². The summed E-state index contributed by atoms with van der Waals surface area (Å²) in [5.74, 6) is -3.64. The van der Waals surface area contributed by atoms with Crippen molar-refractivity contribution in [1.82, 2.24) is 25.5 Å². The van der Waals surface area contributed by atoms with Crippen molar-refractivity contribution in [2.75, 3.05) is 6.54 Å². The molecule has 3 aromatic heterocycles. The maximum atomic E-state index is 14.4. The Hall–Kier alpha value is -2.62. The molecule has 1 aliphatic heterocycles. The van der Waals surface area contributed by atoms with Crippen molar-refractivity contribution in [1.29, 1.82) is 0 Å². The number of hydrogen-bond donors (Lipinski definition) is 2. The molecule has 0 aliphatic carbocycles. The van der Waals surface area contributed by atoms with Gasteiger partial charge < -0.3 is 5.32 Å². The van der Waals surface area contributed by atoms with E-state index in [0.29, 0.717) is 18.2 Å². The van der Waals surface area contributed by atoms with Gasteiger partial charge in [0.25, 0.3) is 5.92 Å². The number of H-pyrrole nitrogens is 1. The zero-order chi connectivity index (χ0) is 22.2. The highest BCUT2D eigenvalue weighted by molar-refractivity contribution is 5.90. The predicted octanol–water partition coefficient (Wildman–Crippen LogP) is 5.80. The third kappa shape index (κ3) is 4.53. The molecule has 2 atom stereocenters. The van der Waals surface area contributed by atoms with Gasteiger partial charge in [0.15, 0.2) is 5.65 Å². The van der Waals surface area contributed by atoms with E-state index in [0.717, 1.165) is 12.5 Å². The molecule has 1 fully saturated rings. The molecule has 2 N–H and O–H groups in total. The first kappa shape index (κ1) is 21.6. The van der Waals surface area contributed by atoms with Crippen molar-refractivity contribution >= 4 is 11.0 Å². The van der Waals surface area contributed by atoms with E-state index in [9.17, 15) is 22.0 Å². The van der Waals surface area contributed by atoms with Gasteiger partial charge in [-0.05, 0) is 37.1 Å². The molecule has 1 unspecified atom stereocenters. The van der Waals surface area contributed by atoms with Crippen molar-refractivity contribution in [3.05, 3.63) is 41.7 Å². The van der Waals surface area contributed by atoms with Gasteiger partial charge >= 0.3 is 6.18 Å². The van der Waals surface area contributed by atoms with Crippen LogP contribution < -0.4 is 5.32 Å². The second-order valence-corrected chi connectivity index (χ2v) is 7.96. The Labute approximate surface area is 178 Å². The molecule has 5 nitrogen and oxygen atoms in total. The quantitative estimate of drug-likeness (QED) is 0.500. The summed E-state index contributed by atoms with van der Waals surface area (Å²) in [7, 11) is 0. The Bertz CT molecular complexity index is 1070. The molecule has 170 valence electrons. The van der Waals surface area contributed by atoms with Crippen LogP contribution in [0.3, 0.4) is 0 Å². The van der Waals surface area contributed by atoms with Crippen LogP contribution in [0, 0.1) is 0 Å². The fraction of sp³-hybridized carbons (Fsp3) is 0.476. The van der Waals surface area contributed by atoms with Crippen molar-refractivity contribution in [2.45, 2.75) is 56.7 Å². The fourth-order valence-electron chi connectivity index (χ4n) is 4.18. The van der Waals surface area contributed by atoms with Gasteiger partial charge in [-0.3, -0.25) is 10.1 Å². The smallest absolute Gasteiger partial charge is 0.308 e. The van der Waals surface area contributed by atoms with E-state index in [4.69, 9.17) is 0 Å². The van der Waals surface area contributed by atoms with Crippen LogP contribution >= 0.6 is 0 Å². The second-order valence-electron chi connectivity index (χ2n) is 7.96. The van der Waals surface area contributed by atoms with E-state index >= 15 is 0 Å². The number of aromatic nitrogens is 4. The maximum Gasteiger partial charge on any atom is 0.418 e. The van der Waals surface area contributed by atoms with Crippen LogP contribution in [-0.2, 0) is 6.18 Å². The third-order valence-electron chi connectivity index (χ3n) is 5.61. The first-order chi connectivity index (χ1) is 14.7. The lowest BCUT2D eigenvalue weighted by molar-refractivity contribution is -0.137. The van der Waals surface area contributed by atoms with E-state index in [-0.39, 0.29) is 31.6 Å². The molecule has 0 amide bonds. The Morgan fingerprint density at radius 2 is 2.03 bits per heavy atom. The Balaban J connectivity index is 0.00000193. The summed E-state index contributed by atoms with van der Waals surface area (Å²) in [5.41, 5.74) is -0.756. The number of nitrogens with one attached hydrogen (secondary N) is 2. The largest absolute Gasteiger partial charge is 0.418 e. The Morgan fingerprint density at radius 1 is 1.23 bits per heavy atom. The molecule has 1 aliphatic rings. The van der Waals surface area contributed by atoms with Crippen LogP contribution in [0.2, 0.25) is 0 Å². The van der Waals surface area contributed by atoms with Crippen molar-refractivity contribution in [3.8, 4) is 11.4 Å². The van der Waals surface area contributed by atoms with E-state index in [1.807, 2.05) is 6.92 Å².